The van der Waals surface area contributed by atoms with E-state index in [0.29, 0.717) is 0 Å². The topological polar surface area (TPSA) is 22.4 Å². The van der Waals surface area contributed by atoms with Gasteiger partial charge in [0.25, 0.3) is 0 Å². The fourth-order valence-electron chi connectivity index (χ4n) is 7.96. The highest BCUT2D eigenvalue weighted by Gasteiger charge is 2.34. The van der Waals surface area contributed by atoms with Crippen LogP contribution in [0, 0.1) is 0 Å². The molecule has 0 N–H and O–H groups in total. The third kappa shape index (κ3) is 3.31. The highest BCUT2D eigenvalue weighted by atomic mass is 16.5. The number of allylic oxidation sites excluding steroid dienone is 6. The van der Waals surface area contributed by atoms with E-state index in [1.165, 1.54) is 60.3 Å². The Kier molecular flexibility index (Phi) is 4.98. The molecule has 3 aliphatic rings. The van der Waals surface area contributed by atoms with Crippen LogP contribution >= 0.6 is 0 Å². The molecule has 1 atom stereocenters. The molecule has 10 rings (SSSR count). The summed E-state index contributed by atoms with van der Waals surface area (Å²) in [6, 6.07) is 35.0. The molecule has 208 valence electrons. The Morgan fingerprint density at radius 1 is 0.523 bits per heavy atom. The van der Waals surface area contributed by atoms with Crippen molar-refractivity contribution in [1.82, 2.24) is 0 Å². The fourth-order valence-corrected chi connectivity index (χ4v) is 7.96. The van der Waals surface area contributed by atoms with Crippen molar-refractivity contribution in [3.8, 4) is 5.75 Å². The summed E-state index contributed by atoms with van der Waals surface area (Å²) in [5.41, 5.74) is 9.79. The van der Waals surface area contributed by atoms with Crippen molar-refractivity contribution in [3.05, 3.63) is 144 Å². The first-order valence-electron chi connectivity index (χ1n) is 15.6. The van der Waals surface area contributed by atoms with E-state index < -0.39 is 0 Å². The van der Waals surface area contributed by atoms with E-state index in [9.17, 15) is 0 Å². The van der Waals surface area contributed by atoms with Crippen molar-refractivity contribution in [2.45, 2.75) is 25.4 Å². The van der Waals surface area contributed by atoms with Gasteiger partial charge in [-0.15, -0.1) is 0 Å². The smallest absolute Gasteiger partial charge is 0.143 e. The number of furan rings is 1. The lowest BCUT2D eigenvalue weighted by molar-refractivity contribution is 0.281. The molecule has 0 radical (unpaired) electrons. The summed E-state index contributed by atoms with van der Waals surface area (Å²) in [6.07, 6.45) is 14.4. The second kappa shape index (κ2) is 9.08. The Labute approximate surface area is 254 Å². The lowest BCUT2D eigenvalue weighted by atomic mass is 9.81. The number of ether oxygens (including phenoxy) is 1. The SMILES string of the molecule is C1=CCCC(c2c3ccccc3c(C3=CC=C4c5c(ccc6c5ccc5c7ccccc7oc65)OC4C3)c3ccccc23)=C1. The molecular weight excluding hydrogens is 536 g/mol. The van der Waals surface area contributed by atoms with Crippen molar-refractivity contribution >= 4 is 71.0 Å². The van der Waals surface area contributed by atoms with E-state index >= 15 is 0 Å². The Morgan fingerprint density at radius 3 is 1.86 bits per heavy atom. The molecule has 1 unspecified atom stereocenters. The van der Waals surface area contributed by atoms with Gasteiger partial charge >= 0.3 is 0 Å². The first-order valence-corrected chi connectivity index (χ1v) is 15.6. The van der Waals surface area contributed by atoms with Gasteiger partial charge in [-0.1, -0.05) is 103 Å². The van der Waals surface area contributed by atoms with E-state index in [1.54, 1.807) is 0 Å². The standard InChI is InChI=1S/C42H28O2/c1-2-10-25(11-3-1)39-28-13-4-6-15-30(28)40(31-16-7-5-14-29(31)39)26-18-19-35-38(24-26)43-37-23-22-34-32(41(35)37)20-21-33-27-12-8-9-17-36(27)44-42(33)34/h1-2,4-10,12-23,38H,3,11,24H2. The number of fused-ring (bicyclic) bond motifs is 11. The van der Waals surface area contributed by atoms with Crippen LogP contribution in [0.2, 0.25) is 0 Å². The maximum Gasteiger partial charge on any atom is 0.143 e. The molecule has 0 amide bonds. The fraction of sp³-hybridized carbons (Fsp3) is 0.0952. The molecule has 2 nitrogen and oxygen atoms in total. The highest BCUT2D eigenvalue weighted by Crippen LogP contribution is 2.50. The number of hydrogen-bond acceptors (Lipinski definition) is 2. The normalized spacial score (nSPS) is 17.5. The second-order valence-corrected chi connectivity index (χ2v) is 12.2. The van der Waals surface area contributed by atoms with Crippen molar-refractivity contribution in [2.24, 2.45) is 0 Å². The molecular formula is C42H28O2. The van der Waals surface area contributed by atoms with Crippen LogP contribution in [0.25, 0.3) is 71.0 Å². The molecule has 7 aromatic rings. The summed E-state index contributed by atoms with van der Waals surface area (Å²) < 4.78 is 13.1. The van der Waals surface area contributed by atoms with Gasteiger partial charge in [0.2, 0.25) is 0 Å². The molecule has 0 saturated carbocycles. The first-order chi connectivity index (χ1) is 21.8. The highest BCUT2D eigenvalue weighted by molar-refractivity contribution is 6.19. The third-order valence-electron chi connectivity index (χ3n) is 9.86. The van der Waals surface area contributed by atoms with Crippen LogP contribution in [-0.4, -0.2) is 6.10 Å². The van der Waals surface area contributed by atoms with Gasteiger partial charge in [-0.25, -0.2) is 0 Å². The molecule has 44 heavy (non-hydrogen) atoms. The van der Waals surface area contributed by atoms with Crippen LogP contribution in [0.5, 0.6) is 5.75 Å². The zero-order valence-electron chi connectivity index (χ0n) is 24.1. The quantitative estimate of drug-likeness (QED) is 0.195. The van der Waals surface area contributed by atoms with Gasteiger partial charge in [0.05, 0.1) is 0 Å². The third-order valence-corrected chi connectivity index (χ3v) is 9.86. The van der Waals surface area contributed by atoms with Gasteiger partial charge in [-0.2, -0.15) is 0 Å². The molecule has 0 fully saturated rings. The molecule has 2 aliphatic carbocycles. The Bertz CT molecular complexity index is 2440. The van der Waals surface area contributed by atoms with Crippen LogP contribution in [-0.2, 0) is 0 Å². The predicted octanol–water partition coefficient (Wildman–Crippen LogP) is 11.4. The monoisotopic (exact) mass is 564 g/mol. The van der Waals surface area contributed by atoms with Crippen LogP contribution in [0.1, 0.15) is 36.0 Å². The number of rotatable bonds is 2. The van der Waals surface area contributed by atoms with Gasteiger partial charge in [0.1, 0.15) is 23.0 Å². The Morgan fingerprint density at radius 2 is 1.14 bits per heavy atom. The largest absolute Gasteiger partial charge is 0.485 e. The molecule has 0 saturated heterocycles. The molecule has 1 aromatic heterocycles. The zero-order valence-corrected chi connectivity index (χ0v) is 24.1. The van der Waals surface area contributed by atoms with Gasteiger partial charge in [-0.05, 0) is 86.3 Å². The minimum atomic E-state index is -0.0228. The number of benzene rings is 6. The van der Waals surface area contributed by atoms with Gasteiger partial charge in [0.15, 0.2) is 0 Å². The van der Waals surface area contributed by atoms with E-state index in [2.05, 4.69) is 115 Å². The van der Waals surface area contributed by atoms with E-state index in [4.69, 9.17) is 9.15 Å². The average molecular weight is 565 g/mol. The van der Waals surface area contributed by atoms with Crippen LogP contribution < -0.4 is 4.74 Å². The summed E-state index contributed by atoms with van der Waals surface area (Å²) in [6.45, 7) is 0. The summed E-state index contributed by atoms with van der Waals surface area (Å²) >= 11 is 0. The maximum atomic E-state index is 6.73. The Hall–Kier alpha value is -5.34. The van der Waals surface area contributed by atoms with Gasteiger partial charge in [0, 0.05) is 33.7 Å². The molecule has 0 spiro atoms. The van der Waals surface area contributed by atoms with E-state index in [-0.39, 0.29) is 6.10 Å². The summed E-state index contributed by atoms with van der Waals surface area (Å²) in [5.74, 6) is 0.959. The van der Waals surface area contributed by atoms with Gasteiger partial charge < -0.3 is 9.15 Å². The molecule has 0 bridgehead atoms. The van der Waals surface area contributed by atoms with Crippen molar-refractivity contribution in [3.63, 3.8) is 0 Å². The molecule has 6 aromatic carbocycles. The van der Waals surface area contributed by atoms with Crippen molar-refractivity contribution in [2.75, 3.05) is 0 Å². The van der Waals surface area contributed by atoms with Crippen molar-refractivity contribution in [1.29, 1.82) is 0 Å². The predicted molar refractivity (Wildman–Crippen MR) is 184 cm³/mol. The Balaban J connectivity index is 1.17. The maximum absolute atomic E-state index is 6.73. The molecule has 1 aliphatic heterocycles. The first kappa shape index (κ1) is 24.1. The number of para-hydroxylation sites is 1. The lowest BCUT2D eigenvalue weighted by Gasteiger charge is -2.24. The van der Waals surface area contributed by atoms with Crippen LogP contribution in [0.3, 0.4) is 0 Å². The minimum absolute atomic E-state index is 0.0228. The summed E-state index contributed by atoms with van der Waals surface area (Å²) in [5, 5.41) is 9.92. The van der Waals surface area contributed by atoms with Crippen LogP contribution in [0.15, 0.2) is 132 Å². The lowest BCUT2D eigenvalue weighted by Crippen LogP contribution is -2.15. The molecule has 2 heteroatoms. The number of hydrogen-bond donors (Lipinski definition) is 0. The minimum Gasteiger partial charge on any atom is -0.485 e. The van der Waals surface area contributed by atoms with Gasteiger partial charge in [-0.3, -0.25) is 0 Å². The molecule has 2 heterocycles. The second-order valence-electron chi connectivity index (χ2n) is 12.2. The van der Waals surface area contributed by atoms with E-state index in [1.807, 2.05) is 12.1 Å². The average Bonchev–Trinajstić information content (AvgIpc) is 3.65. The van der Waals surface area contributed by atoms with E-state index in [0.717, 1.165) is 52.3 Å². The summed E-state index contributed by atoms with van der Waals surface area (Å²) in [7, 11) is 0. The zero-order chi connectivity index (χ0) is 28.8. The van der Waals surface area contributed by atoms with Crippen molar-refractivity contribution < 1.29 is 9.15 Å². The van der Waals surface area contributed by atoms with Crippen LogP contribution in [0.4, 0.5) is 0 Å². The summed E-state index contributed by atoms with van der Waals surface area (Å²) in [4.78, 5) is 0.